The number of carbonyl (C=O) groups is 1. The first-order valence-electron chi connectivity index (χ1n) is 7.16. The molecule has 22 heavy (non-hydrogen) atoms. The van der Waals surface area contributed by atoms with Gasteiger partial charge in [-0.3, -0.25) is 4.79 Å². The molecule has 0 bridgehead atoms. The summed E-state index contributed by atoms with van der Waals surface area (Å²) in [4.78, 5) is 12.0. The van der Waals surface area contributed by atoms with Crippen LogP contribution < -0.4 is 11.1 Å². The monoisotopic (exact) mass is 316 g/mol. The van der Waals surface area contributed by atoms with Gasteiger partial charge in [0, 0.05) is 13.0 Å². The number of rotatable bonds is 5. The maximum Gasteiger partial charge on any atom is 0.408 e. The molecule has 0 spiro atoms. The summed E-state index contributed by atoms with van der Waals surface area (Å²) in [6.45, 7) is 0.260. The average Bonchev–Trinajstić information content (AvgIpc) is 2.95. The van der Waals surface area contributed by atoms with Crippen molar-refractivity contribution in [2.24, 2.45) is 5.73 Å². The Morgan fingerprint density at radius 3 is 2.55 bits per heavy atom. The molecule has 2 rings (SSSR count). The summed E-state index contributed by atoms with van der Waals surface area (Å²) in [5.41, 5.74) is 5.94. The largest absolute Gasteiger partial charge is 0.408 e. The Morgan fingerprint density at radius 2 is 2.00 bits per heavy atom. The van der Waals surface area contributed by atoms with Crippen molar-refractivity contribution in [1.82, 2.24) is 5.32 Å². The number of halogens is 3. The lowest BCUT2D eigenvalue weighted by atomic mass is 10.0. The third kappa shape index (κ3) is 4.45. The minimum absolute atomic E-state index is 0.255. The molecule has 0 aliphatic carbocycles. The molecule has 1 aromatic rings. The van der Waals surface area contributed by atoms with Crippen LogP contribution in [0.3, 0.4) is 0 Å². The first-order valence-corrected chi connectivity index (χ1v) is 7.16. The highest BCUT2D eigenvalue weighted by Gasteiger charge is 2.42. The highest BCUT2D eigenvalue weighted by Crippen LogP contribution is 2.25. The Kier molecular flexibility index (Phi) is 5.42. The van der Waals surface area contributed by atoms with E-state index in [9.17, 15) is 18.0 Å². The van der Waals surface area contributed by atoms with Crippen LogP contribution in [0.25, 0.3) is 0 Å². The second kappa shape index (κ2) is 7.11. The lowest BCUT2D eigenvalue weighted by Gasteiger charge is -2.23. The molecule has 1 saturated heterocycles. The van der Waals surface area contributed by atoms with Crippen LogP contribution in [0.4, 0.5) is 13.2 Å². The van der Waals surface area contributed by atoms with Gasteiger partial charge < -0.3 is 15.8 Å². The summed E-state index contributed by atoms with van der Waals surface area (Å²) in [5.74, 6) is -0.728. The van der Waals surface area contributed by atoms with E-state index in [1.54, 1.807) is 30.3 Å². The Bertz CT molecular complexity index is 493. The first-order chi connectivity index (χ1) is 10.4. The van der Waals surface area contributed by atoms with Crippen LogP contribution in [0, 0.1) is 0 Å². The van der Waals surface area contributed by atoms with Crippen molar-refractivity contribution < 1.29 is 22.7 Å². The number of amides is 1. The quantitative estimate of drug-likeness (QED) is 0.870. The van der Waals surface area contributed by atoms with Crippen LogP contribution in [0.15, 0.2) is 30.3 Å². The summed E-state index contributed by atoms with van der Waals surface area (Å²) in [6.07, 6.45) is -4.95. The third-order valence-electron chi connectivity index (χ3n) is 3.66. The average molecular weight is 316 g/mol. The van der Waals surface area contributed by atoms with E-state index in [1.807, 2.05) is 0 Å². The van der Waals surface area contributed by atoms with E-state index in [2.05, 4.69) is 5.32 Å². The third-order valence-corrected chi connectivity index (χ3v) is 3.66. The van der Waals surface area contributed by atoms with E-state index < -0.39 is 24.2 Å². The Morgan fingerprint density at radius 1 is 1.32 bits per heavy atom. The van der Waals surface area contributed by atoms with Crippen LogP contribution in [0.1, 0.15) is 18.4 Å². The van der Waals surface area contributed by atoms with Gasteiger partial charge in [-0.05, 0) is 18.4 Å². The number of benzene rings is 1. The molecule has 0 aromatic heterocycles. The van der Waals surface area contributed by atoms with Gasteiger partial charge in [0.25, 0.3) is 0 Å². The number of alkyl halides is 3. The molecular weight excluding hydrogens is 297 g/mol. The van der Waals surface area contributed by atoms with Gasteiger partial charge in [0.05, 0.1) is 6.10 Å². The number of nitrogens with two attached hydrogens (primary N) is 1. The van der Waals surface area contributed by atoms with Gasteiger partial charge in [-0.2, -0.15) is 13.2 Å². The fourth-order valence-corrected chi connectivity index (χ4v) is 2.44. The van der Waals surface area contributed by atoms with Crippen LogP contribution >= 0.6 is 0 Å². The van der Waals surface area contributed by atoms with Gasteiger partial charge in [-0.1, -0.05) is 30.3 Å². The van der Waals surface area contributed by atoms with Gasteiger partial charge in [-0.25, -0.2) is 0 Å². The molecular formula is C15H19F3N2O2. The van der Waals surface area contributed by atoms with Crippen molar-refractivity contribution >= 4 is 5.91 Å². The van der Waals surface area contributed by atoms with E-state index in [1.165, 1.54) is 0 Å². The molecule has 1 aliphatic rings. The molecule has 7 heteroatoms. The Balaban J connectivity index is 2.00. The molecule has 1 aromatic carbocycles. The second-order valence-corrected chi connectivity index (χ2v) is 5.35. The zero-order valence-electron chi connectivity index (χ0n) is 12.0. The molecule has 1 fully saturated rings. The van der Waals surface area contributed by atoms with Gasteiger partial charge in [0.1, 0.15) is 12.1 Å². The molecule has 0 saturated carbocycles. The normalized spacial score (nSPS) is 23.3. The van der Waals surface area contributed by atoms with Gasteiger partial charge in [-0.15, -0.1) is 0 Å². The number of ether oxygens (including phenoxy) is 1. The fraction of sp³-hybridized carbons (Fsp3) is 0.533. The van der Waals surface area contributed by atoms with Crippen LogP contribution in [0.2, 0.25) is 0 Å². The zero-order chi connectivity index (χ0) is 16.2. The first kappa shape index (κ1) is 16.8. The van der Waals surface area contributed by atoms with Crippen LogP contribution in [-0.2, 0) is 16.0 Å². The number of nitrogens with one attached hydrogen (secondary N) is 1. The second-order valence-electron chi connectivity index (χ2n) is 5.35. The summed E-state index contributed by atoms with van der Waals surface area (Å²) in [6, 6.07) is 6.32. The summed E-state index contributed by atoms with van der Waals surface area (Å²) in [5, 5.41) is 2.06. The molecule has 4 nitrogen and oxygen atoms in total. The molecule has 1 heterocycles. The van der Waals surface area contributed by atoms with Crippen LogP contribution in [-0.4, -0.2) is 36.9 Å². The highest BCUT2D eigenvalue weighted by atomic mass is 19.4. The summed E-state index contributed by atoms with van der Waals surface area (Å²) in [7, 11) is 0. The smallest absolute Gasteiger partial charge is 0.364 e. The molecule has 3 atom stereocenters. The molecule has 0 radical (unpaired) electrons. The Hall–Kier alpha value is -1.60. The highest BCUT2D eigenvalue weighted by molar-refractivity contribution is 5.81. The number of carbonyl (C=O) groups excluding carboxylic acids is 1. The molecule has 1 aliphatic heterocycles. The van der Waals surface area contributed by atoms with Crippen molar-refractivity contribution in [3.63, 3.8) is 0 Å². The lowest BCUT2D eigenvalue weighted by molar-refractivity contribution is -0.164. The van der Waals surface area contributed by atoms with Crippen molar-refractivity contribution in [2.75, 3.05) is 6.54 Å². The molecule has 3 N–H and O–H groups in total. The molecule has 1 unspecified atom stereocenters. The molecule has 122 valence electrons. The van der Waals surface area contributed by atoms with Crippen molar-refractivity contribution in [2.45, 2.75) is 43.7 Å². The van der Waals surface area contributed by atoms with E-state index in [-0.39, 0.29) is 19.1 Å². The maximum absolute atomic E-state index is 13.1. The van der Waals surface area contributed by atoms with Crippen molar-refractivity contribution in [1.29, 1.82) is 0 Å². The van der Waals surface area contributed by atoms with E-state index in [4.69, 9.17) is 10.5 Å². The van der Waals surface area contributed by atoms with Gasteiger partial charge in [0.15, 0.2) is 0 Å². The SMILES string of the molecule is NC[C@H]1CC[C@@H](C(=O)NC(Cc2ccccc2)C(F)(F)F)O1. The number of hydrogen-bond donors (Lipinski definition) is 2. The number of hydrogen-bond acceptors (Lipinski definition) is 3. The van der Waals surface area contributed by atoms with E-state index in [0.29, 0.717) is 18.4 Å². The van der Waals surface area contributed by atoms with Crippen molar-refractivity contribution in [3.8, 4) is 0 Å². The Labute approximate surface area is 126 Å². The topological polar surface area (TPSA) is 64.4 Å². The van der Waals surface area contributed by atoms with Crippen LogP contribution in [0.5, 0.6) is 0 Å². The maximum atomic E-state index is 13.1. The lowest BCUT2D eigenvalue weighted by Crippen LogP contribution is -2.50. The summed E-state index contributed by atoms with van der Waals surface area (Å²) < 4.78 is 44.7. The van der Waals surface area contributed by atoms with Gasteiger partial charge >= 0.3 is 6.18 Å². The standard InChI is InChI=1S/C15H19F3N2O2/c16-15(17,18)13(8-10-4-2-1-3-5-10)20-14(21)12-7-6-11(9-19)22-12/h1-5,11-13H,6-9,19H2,(H,20,21)/t11-,12+,13?/m1/s1. The summed E-state index contributed by atoms with van der Waals surface area (Å²) >= 11 is 0. The molecule has 1 amide bonds. The fourth-order valence-electron chi connectivity index (χ4n) is 2.44. The van der Waals surface area contributed by atoms with Crippen molar-refractivity contribution in [3.05, 3.63) is 35.9 Å². The van der Waals surface area contributed by atoms with E-state index in [0.717, 1.165) is 0 Å². The predicted octanol–water partition coefficient (Wildman–Crippen LogP) is 1.78. The minimum Gasteiger partial charge on any atom is -0.364 e. The predicted molar refractivity (Wildman–Crippen MR) is 75.1 cm³/mol. The van der Waals surface area contributed by atoms with Gasteiger partial charge in [0.2, 0.25) is 5.91 Å². The minimum atomic E-state index is -4.52. The zero-order valence-corrected chi connectivity index (χ0v) is 12.0. The van der Waals surface area contributed by atoms with E-state index >= 15 is 0 Å².